The number of hydrogen-bond acceptors (Lipinski definition) is 1. The summed E-state index contributed by atoms with van der Waals surface area (Å²) in [6.45, 7) is 0. The molecular formula is C15H17ClF3NO. The monoisotopic (exact) mass is 319 g/mol. The normalized spacial score (nSPS) is 18.5. The van der Waals surface area contributed by atoms with Crippen molar-refractivity contribution in [3.8, 4) is 0 Å². The van der Waals surface area contributed by atoms with E-state index in [2.05, 4.69) is 5.32 Å². The van der Waals surface area contributed by atoms with Crippen molar-refractivity contribution >= 4 is 17.5 Å². The lowest BCUT2D eigenvalue weighted by molar-refractivity contribution is -0.122. The summed E-state index contributed by atoms with van der Waals surface area (Å²) in [5.74, 6) is -3.26. The number of hydrogen-bond donors (Lipinski definition) is 1. The second-order valence-corrected chi connectivity index (χ2v) is 5.85. The van der Waals surface area contributed by atoms with Crippen molar-refractivity contribution in [3.63, 3.8) is 0 Å². The molecule has 0 heterocycles. The van der Waals surface area contributed by atoms with Gasteiger partial charge in [-0.25, -0.2) is 13.2 Å². The van der Waals surface area contributed by atoms with Crippen LogP contribution in [0.4, 0.5) is 13.2 Å². The van der Waals surface area contributed by atoms with E-state index in [1.807, 2.05) is 0 Å². The fourth-order valence-electron chi connectivity index (χ4n) is 2.44. The maximum absolute atomic E-state index is 13.0. The van der Waals surface area contributed by atoms with Crippen LogP contribution in [0.3, 0.4) is 0 Å². The third-order valence-electron chi connectivity index (χ3n) is 3.71. The van der Waals surface area contributed by atoms with Crippen LogP contribution < -0.4 is 5.32 Å². The Morgan fingerprint density at radius 1 is 1.33 bits per heavy atom. The molecule has 1 amide bonds. The number of aryl methyl sites for hydroxylation is 1. The van der Waals surface area contributed by atoms with Gasteiger partial charge in [-0.05, 0) is 37.0 Å². The van der Waals surface area contributed by atoms with E-state index < -0.39 is 11.7 Å². The van der Waals surface area contributed by atoms with Crippen LogP contribution in [0.25, 0.3) is 0 Å². The first kappa shape index (κ1) is 16.1. The van der Waals surface area contributed by atoms with E-state index in [4.69, 9.17) is 11.6 Å². The molecule has 1 aliphatic rings. The Morgan fingerprint density at radius 3 is 2.62 bits per heavy atom. The van der Waals surface area contributed by atoms with E-state index >= 15 is 0 Å². The molecule has 1 aromatic carbocycles. The minimum absolute atomic E-state index is 0.0300. The molecule has 6 heteroatoms. The van der Waals surface area contributed by atoms with Crippen LogP contribution in [0.15, 0.2) is 18.2 Å². The highest BCUT2D eigenvalue weighted by Gasteiger charge is 2.35. The third kappa shape index (κ3) is 4.92. The number of carbonyl (C=O) groups excluding carboxylic acids is 1. The van der Waals surface area contributed by atoms with Crippen molar-refractivity contribution in [3.05, 3.63) is 34.6 Å². The number of amides is 1. The SMILES string of the molecule is O=C(CCc1ccc(F)c(Cl)c1)NC1CCC(F)(F)CC1. The highest BCUT2D eigenvalue weighted by Crippen LogP contribution is 2.33. The van der Waals surface area contributed by atoms with Gasteiger partial charge in [-0.2, -0.15) is 0 Å². The highest BCUT2D eigenvalue weighted by atomic mass is 35.5. The summed E-state index contributed by atoms with van der Waals surface area (Å²) in [5, 5.41) is 2.80. The molecule has 1 saturated carbocycles. The van der Waals surface area contributed by atoms with Gasteiger partial charge in [0.15, 0.2) is 0 Å². The molecule has 0 saturated heterocycles. The van der Waals surface area contributed by atoms with E-state index in [1.165, 1.54) is 12.1 Å². The lowest BCUT2D eigenvalue weighted by Gasteiger charge is -2.28. The molecule has 0 radical (unpaired) electrons. The highest BCUT2D eigenvalue weighted by molar-refractivity contribution is 6.30. The smallest absolute Gasteiger partial charge is 0.248 e. The zero-order valence-electron chi connectivity index (χ0n) is 11.5. The number of nitrogens with one attached hydrogen (secondary N) is 1. The van der Waals surface area contributed by atoms with Crippen LogP contribution in [0, 0.1) is 5.82 Å². The van der Waals surface area contributed by atoms with Gasteiger partial charge in [-0.15, -0.1) is 0 Å². The Labute approximate surface area is 126 Å². The van der Waals surface area contributed by atoms with Gasteiger partial charge in [0, 0.05) is 25.3 Å². The number of alkyl halides is 2. The molecule has 21 heavy (non-hydrogen) atoms. The van der Waals surface area contributed by atoms with Gasteiger partial charge in [-0.3, -0.25) is 4.79 Å². The van der Waals surface area contributed by atoms with Crippen molar-refractivity contribution in [2.24, 2.45) is 0 Å². The first-order valence-corrected chi connectivity index (χ1v) is 7.35. The van der Waals surface area contributed by atoms with Crippen LogP contribution in [-0.4, -0.2) is 17.9 Å². The summed E-state index contributed by atoms with van der Waals surface area (Å²) in [7, 11) is 0. The summed E-state index contributed by atoms with van der Waals surface area (Å²) in [6.07, 6.45) is 0.933. The van der Waals surface area contributed by atoms with Crippen LogP contribution >= 0.6 is 11.6 Å². The first-order chi connectivity index (χ1) is 9.85. The quantitative estimate of drug-likeness (QED) is 0.889. The summed E-state index contributed by atoms with van der Waals surface area (Å²) in [4.78, 5) is 11.8. The molecule has 2 rings (SSSR count). The van der Waals surface area contributed by atoms with E-state index in [9.17, 15) is 18.0 Å². The summed E-state index contributed by atoms with van der Waals surface area (Å²) < 4.78 is 39.0. The predicted octanol–water partition coefficient (Wildman–Crippen LogP) is 4.11. The molecule has 1 fully saturated rings. The van der Waals surface area contributed by atoms with Gasteiger partial charge < -0.3 is 5.32 Å². The Hall–Kier alpha value is -1.23. The summed E-state index contributed by atoms with van der Waals surface area (Å²) in [6, 6.07) is 4.16. The molecule has 0 spiro atoms. The van der Waals surface area contributed by atoms with Crippen LogP contribution in [0.2, 0.25) is 5.02 Å². The van der Waals surface area contributed by atoms with Gasteiger partial charge >= 0.3 is 0 Å². The Balaban J connectivity index is 1.76. The molecule has 1 aromatic rings. The van der Waals surface area contributed by atoms with Crippen LogP contribution in [0.5, 0.6) is 0 Å². The fourth-order valence-corrected chi connectivity index (χ4v) is 2.64. The zero-order valence-corrected chi connectivity index (χ0v) is 12.2. The van der Waals surface area contributed by atoms with Gasteiger partial charge in [0.1, 0.15) is 5.82 Å². The van der Waals surface area contributed by atoms with Crippen molar-refractivity contribution in [2.75, 3.05) is 0 Å². The van der Waals surface area contributed by atoms with Gasteiger partial charge in [0.05, 0.1) is 5.02 Å². The molecule has 116 valence electrons. The minimum Gasteiger partial charge on any atom is -0.353 e. The Kier molecular flexibility index (Phi) is 5.14. The first-order valence-electron chi connectivity index (χ1n) is 6.97. The third-order valence-corrected chi connectivity index (χ3v) is 4.00. The Morgan fingerprint density at radius 2 is 2.00 bits per heavy atom. The predicted molar refractivity (Wildman–Crippen MR) is 75.1 cm³/mol. The van der Waals surface area contributed by atoms with E-state index in [-0.39, 0.29) is 36.2 Å². The molecule has 1 N–H and O–H groups in total. The van der Waals surface area contributed by atoms with E-state index in [1.54, 1.807) is 6.07 Å². The maximum Gasteiger partial charge on any atom is 0.248 e. The number of carbonyl (C=O) groups is 1. The maximum atomic E-state index is 13.0. The minimum atomic E-state index is -2.59. The lowest BCUT2D eigenvalue weighted by Crippen LogP contribution is -2.40. The molecule has 0 atom stereocenters. The van der Waals surface area contributed by atoms with Gasteiger partial charge in [0.2, 0.25) is 11.8 Å². The van der Waals surface area contributed by atoms with Crippen molar-refractivity contribution in [1.29, 1.82) is 0 Å². The van der Waals surface area contributed by atoms with Gasteiger partial charge in [0.25, 0.3) is 0 Å². The average molecular weight is 320 g/mol. The number of rotatable bonds is 4. The second kappa shape index (κ2) is 6.69. The Bertz CT molecular complexity index is 512. The molecule has 0 bridgehead atoms. The molecule has 1 aliphatic carbocycles. The fraction of sp³-hybridized carbons (Fsp3) is 0.533. The number of halogens is 4. The average Bonchev–Trinajstić information content (AvgIpc) is 2.43. The largest absolute Gasteiger partial charge is 0.353 e. The molecule has 2 nitrogen and oxygen atoms in total. The lowest BCUT2D eigenvalue weighted by atomic mass is 9.92. The summed E-state index contributed by atoms with van der Waals surface area (Å²) in [5.41, 5.74) is 0.770. The molecular weight excluding hydrogens is 303 g/mol. The molecule has 0 unspecified atom stereocenters. The van der Waals surface area contributed by atoms with Gasteiger partial charge in [-0.1, -0.05) is 17.7 Å². The summed E-state index contributed by atoms with van der Waals surface area (Å²) >= 11 is 5.66. The van der Waals surface area contributed by atoms with Crippen molar-refractivity contribution < 1.29 is 18.0 Å². The standard InChI is InChI=1S/C15H17ClF3NO/c16-12-9-10(1-3-13(12)17)2-4-14(21)20-11-5-7-15(18,19)8-6-11/h1,3,9,11H,2,4-8H2,(H,20,21). The molecule has 0 aliphatic heterocycles. The molecule has 0 aromatic heterocycles. The van der Waals surface area contributed by atoms with Crippen molar-refractivity contribution in [2.45, 2.75) is 50.5 Å². The topological polar surface area (TPSA) is 29.1 Å². The van der Waals surface area contributed by atoms with E-state index in [0.717, 1.165) is 5.56 Å². The van der Waals surface area contributed by atoms with E-state index in [0.29, 0.717) is 19.3 Å². The zero-order chi connectivity index (χ0) is 15.5. The number of benzene rings is 1. The van der Waals surface area contributed by atoms with Crippen LogP contribution in [-0.2, 0) is 11.2 Å². The van der Waals surface area contributed by atoms with Crippen LogP contribution in [0.1, 0.15) is 37.7 Å². The van der Waals surface area contributed by atoms with Crippen molar-refractivity contribution in [1.82, 2.24) is 5.32 Å². The second-order valence-electron chi connectivity index (χ2n) is 5.45.